The van der Waals surface area contributed by atoms with Gasteiger partial charge in [-0.2, -0.15) is 0 Å². The van der Waals surface area contributed by atoms with Gasteiger partial charge in [-0.25, -0.2) is 18.2 Å². The number of nitrogens with zero attached hydrogens (tertiary/aromatic N) is 2. The molecule has 0 radical (unpaired) electrons. The summed E-state index contributed by atoms with van der Waals surface area (Å²) in [6.07, 6.45) is 5.24. The maximum atomic E-state index is 14.4. The van der Waals surface area contributed by atoms with Crippen LogP contribution in [0.4, 0.5) is 18.9 Å². The van der Waals surface area contributed by atoms with Crippen molar-refractivity contribution in [1.82, 2.24) is 9.97 Å². The molecule has 3 aromatic rings. The quantitative estimate of drug-likeness (QED) is 0.576. The fourth-order valence-corrected chi connectivity index (χ4v) is 4.61. The molecule has 3 heterocycles. The average molecular weight is 468 g/mol. The van der Waals surface area contributed by atoms with Crippen LogP contribution in [0.5, 0.6) is 0 Å². The lowest BCUT2D eigenvalue weighted by atomic mass is 9.85. The molecule has 0 bridgehead atoms. The van der Waals surface area contributed by atoms with Gasteiger partial charge < -0.3 is 15.8 Å². The van der Waals surface area contributed by atoms with E-state index in [1.54, 1.807) is 12.3 Å². The van der Waals surface area contributed by atoms with E-state index in [2.05, 4.69) is 22.2 Å². The van der Waals surface area contributed by atoms with E-state index in [0.29, 0.717) is 12.1 Å². The number of carbonyl (C=O) groups excluding carboxylic acids is 1. The fourth-order valence-electron chi connectivity index (χ4n) is 4.61. The van der Waals surface area contributed by atoms with Crippen molar-refractivity contribution in [3.05, 3.63) is 77.5 Å². The molecule has 5 rings (SSSR count). The Kier molecular flexibility index (Phi) is 5.61. The van der Waals surface area contributed by atoms with Gasteiger partial charge in [-0.1, -0.05) is 13.0 Å². The number of halogens is 3. The minimum Gasteiger partial charge on any atom is -0.367 e. The summed E-state index contributed by atoms with van der Waals surface area (Å²) in [5, 5.41) is 2.73. The lowest BCUT2D eigenvalue weighted by Gasteiger charge is -2.40. The third-order valence-electron chi connectivity index (χ3n) is 6.81. The van der Waals surface area contributed by atoms with E-state index in [-0.39, 0.29) is 29.4 Å². The molecule has 1 aliphatic carbocycles. The highest BCUT2D eigenvalue weighted by molar-refractivity contribution is 6.03. The first kappa shape index (κ1) is 22.5. The smallest absolute Gasteiger partial charge is 0.274 e. The molecular weight excluding hydrogens is 445 g/mol. The van der Waals surface area contributed by atoms with Crippen LogP contribution in [0, 0.1) is 23.4 Å². The molecule has 9 heteroatoms. The molecule has 2 aromatic heterocycles. The largest absolute Gasteiger partial charge is 0.367 e. The van der Waals surface area contributed by atoms with Crippen molar-refractivity contribution in [3.8, 4) is 11.3 Å². The highest BCUT2D eigenvalue weighted by Crippen LogP contribution is 2.54. The third kappa shape index (κ3) is 3.95. The van der Waals surface area contributed by atoms with Crippen LogP contribution in [0.15, 0.2) is 48.8 Å². The Morgan fingerprint density at radius 3 is 2.56 bits per heavy atom. The Morgan fingerprint density at radius 2 is 1.85 bits per heavy atom. The first-order chi connectivity index (χ1) is 16.3. The molecule has 3 N–H and O–H groups in total. The Bertz CT molecular complexity index is 1240. The first-order valence-corrected chi connectivity index (χ1v) is 11.1. The number of hydrogen-bond donors (Lipinski definition) is 2. The number of amides is 1. The van der Waals surface area contributed by atoms with Crippen LogP contribution in [0.25, 0.3) is 11.3 Å². The SMILES string of the molecule is C[C@@H]1[C@H](N)C[C@H](c2ccncc2NC(=O)c2ccc(F)c(-c3c(F)cccc3F)n2)OC12CC2. The molecule has 2 fully saturated rings. The van der Waals surface area contributed by atoms with E-state index in [0.717, 1.165) is 48.7 Å². The number of carbonyl (C=O) groups is 1. The molecule has 1 amide bonds. The van der Waals surface area contributed by atoms with Crippen LogP contribution < -0.4 is 11.1 Å². The summed E-state index contributed by atoms with van der Waals surface area (Å²) in [5.41, 5.74) is 5.85. The van der Waals surface area contributed by atoms with Crippen LogP contribution in [0.1, 0.15) is 48.3 Å². The number of nitrogens with one attached hydrogen (secondary N) is 1. The number of benzene rings is 1. The lowest BCUT2D eigenvalue weighted by molar-refractivity contribution is -0.107. The summed E-state index contributed by atoms with van der Waals surface area (Å²) in [7, 11) is 0. The van der Waals surface area contributed by atoms with Crippen molar-refractivity contribution >= 4 is 11.6 Å². The van der Waals surface area contributed by atoms with Gasteiger partial charge >= 0.3 is 0 Å². The Hall–Kier alpha value is -3.30. The van der Waals surface area contributed by atoms with Gasteiger partial charge in [0.25, 0.3) is 5.91 Å². The van der Waals surface area contributed by atoms with Gasteiger partial charge in [0.15, 0.2) is 0 Å². The molecule has 1 spiro atoms. The predicted molar refractivity (Wildman–Crippen MR) is 119 cm³/mol. The molecule has 1 saturated heterocycles. The monoisotopic (exact) mass is 468 g/mol. The van der Waals surface area contributed by atoms with Crippen LogP contribution in [-0.4, -0.2) is 27.5 Å². The molecule has 3 atom stereocenters. The third-order valence-corrected chi connectivity index (χ3v) is 6.81. The van der Waals surface area contributed by atoms with Crippen LogP contribution in [0.3, 0.4) is 0 Å². The van der Waals surface area contributed by atoms with Gasteiger partial charge in [-0.05, 0) is 49.6 Å². The van der Waals surface area contributed by atoms with E-state index in [4.69, 9.17) is 10.5 Å². The van der Waals surface area contributed by atoms with E-state index in [9.17, 15) is 18.0 Å². The second-order valence-corrected chi connectivity index (χ2v) is 8.90. The number of rotatable bonds is 4. The van der Waals surface area contributed by atoms with E-state index >= 15 is 0 Å². The number of nitrogens with two attached hydrogens (primary N) is 1. The standard InChI is InChI=1S/C25H23F3N4O2/c1-13-18(29)11-21(34-25(13)8-9-25)14-7-10-30-12-20(14)32-24(33)19-6-5-17(28)23(31-19)22-15(26)3-2-4-16(22)27/h2-7,10,12-13,18,21H,8-9,11,29H2,1H3,(H,32,33)/t13-,18-,21-/m1/s1. The van der Waals surface area contributed by atoms with Gasteiger partial charge in [0.1, 0.15) is 28.8 Å². The zero-order valence-electron chi connectivity index (χ0n) is 18.4. The average Bonchev–Trinajstić information content (AvgIpc) is 3.58. The molecule has 0 unspecified atom stereocenters. The van der Waals surface area contributed by atoms with Gasteiger partial charge in [-0.3, -0.25) is 9.78 Å². The van der Waals surface area contributed by atoms with Crippen molar-refractivity contribution < 1.29 is 22.7 Å². The minimum atomic E-state index is -0.979. The Morgan fingerprint density at radius 1 is 1.12 bits per heavy atom. The van der Waals surface area contributed by atoms with E-state index < -0.39 is 34.6 Å². The number of pyridine rings is 2. The van der Waals surface area contributed by atoms with Crippen molar-refractivity contribution in [2.24, 2.45) is 11.7 Å². The summed E-state index contributed by atoms with van der Waals surface area (Å²) in [5.74, 6) is -3.35. The van der Waals surface area contributed by atoms with Gasteiger partial charge in [0, 0.05) is 23.7 Å². The van der Waals surface area contributed by atoms with Crippen LogP contribution in [0.2, 0.25) is 0 Å². The summed E-state index contributed by atoms with van der Waals surface area (Å²) >= 11 is 0. The van der Waals surface area contributed by atoms with Gasteiger partial charge in [-0.15, -0.1) is 0 Å². The van der Waals surface area contributed by atoms with Crippen molar-refractivity contribution in [2.75, 3.05) is 5.32 Å². The van der Waals surface area contributed by atoms with Gasteiger partial charge in [0.2, 0.25) is 0 Å². The Balaban J connectivity index is 1.43. The van der Waals surface area contributed by atoms with Crippen LogP contribution in [-0.2, 0) is 4.74 Å². The second kappa shape index (κ2) is 8.48. The summed E-state index contributed by atoms with van der Waals surface area (Å²) in [4.78, 5) is 21.0. The zero-order valence-corrected chi connectivity index (χ0v) is 18.4. The predicted octanol–water partition coefficient (Wildman–Crippen LogP) is 4.77. The molecule has 176 valence electrons. The molecule has 2 aliphatic rings. The molecule has 34 heavy (non-hydrogen) atoms. The highest BCUT2D eigenvalue weighted by atomic mass is 19.1. The van der Waals surface area contributed by atoms with Crippen molar-refractivity contribution in [3.63, 3.8) is 0 Å². The molecular formula is C25H23F3N4O2. The normalized spacial score (nSPS) is 23.0. The summed E-state index contributed by atoms with van der Waals surface area (Å²) < 4.78 is 49.2. The minimum absolute atomic E-state index is 0.0463. The highest BCUT2D eigenvalue weighted by Gasteiger charge is 2.55. The first-order valence-electron chi connectivity index (χ1n) is 11.1. The second-order valence-electron chi connectivity index (χ2n) is 8.90. The maximum Gasteiger partial charge on any atom is 0.274 e. The maximum absolute atomic E-state index is 14.4. The van der Waals surface area contributed by atoms with Gasteiger partial charge in [0.05, 0.1) is 29.2 Å². The summed E-state index contributed by atoms with van der Waals surface area (Å²) in [6, 6.07) is 6.98. The molecule has 6 nitrogen and oxygen atoms in total. The summed E-state index contributed by atoms with van der Waals surface area (Å²) in [6.45, 7) is 2.10. The topological polar surface area (TPSA) is 90.1 Å². The number of hydrogen-bond acceptors (Lipinski definition) is 5. The zero-order chi connectivity index (χ0) is 24.0. The van der Waals surface area contributed by atoms with E-state index in [1.807, 2.05) is 0 Å². The Labute approximate surface area is 194 Å². The molecule has 1 aliphatic heterocycles. The van der Waals surface area contributed by atoms with Crippen LogP contribution >= 0.6 is 0 Å². The van der Waals surface area contributed by atoms with Crippen molar-refractivity contribution in [1.29, 1.82) is 0 Å². The van der Waals surface area contributed by atoms with E-state index in [1.165, 1.54) is 6.20 Å². The molecule has 1 aromatic carbocycles. The van der Waals surface area contributed by atoms with Crippen molar-refractivity contribution in [2.45, 2.75) is 43.9 Å². The fraction of sp³-hybridized carbons (Fsp3) is 0.320. The lowest BCUT2D eigenvalue weighted by Crippen LogP contribution is -2.46. The number of aromatic nitrogens is 2. The molecule has 1 saturated carbocycles. The number of anilines is 1. The number of ether oxygens (including phenoxy) is 1.